The van der Waals surface area contributed by atoms with E-state index in [0.717, 1.165) is 25.6 Å². The molecule has 1 saturated carbocycles. The average Bonchev–Trinajstić information content (AvgIpc) is 3.25. The van der Waals surface area contributed by atoms with Gasteiger partial charge in [-0.1, -0.05) is 13.8 Å². The zero-order valence-corrected chi connectivity index (χ0v) is 13.3. The number of pyridine rings is 1. The van der Waals surface area contributed by atoms with Crippen LogP contribution in [0.2, 0.25) is 0 Å². The summed E-state index contributed by atoms with van der Waals surface area (Å²) in [5.74, 6) is 2.58. The highest BCUT2D eigenvalue weighted by Gasteiger charge is 2.29. The number of likely N-dealkylation sites (N-methyl/N-ethyl adjacent to an activating group) is 1. The second-order valence-corrected chi connectivity index (χ2v) is 6.88. The average molecular weight is 273 g/mol. The van der Waals surface area contributed by atoms with E-state index in [1.807, 2.05) is 0 Å². The van der Waals surface area contributed by atoms with Crippen molar-refractivity contribution in [2.24, 2.45) is 0 Å². The number of nitrogens with zero attached hydrogens (tertiary/aromatic N) is 3. The summed E-state index contributed by atoms with van der Waals surface area (Å²) in [4.78, 5) is 9.65. The standard InChI is InChI=1S/C17H27N3/c1-12(2)16-10-18-17(9-15(16)14-5-6-14)20-8-7-19(4)13(3)11-20/h9-10,12-14H,5-8,11H2,1-4H3. The van der Waals surface area contributed by atoms with Gasteiger partial charge in [-0.25, -0.2) is 4.98 Å². The molecule has 2 heterocycles. The molecule has 0 radical (unpaired) electrons. The third-order valence-electron chi connectivity index (χ3n) is 4.88. The van der Waals surface area contributed by atoms with Crippen molar-refractivity contribution in [3.8, 4) is 0 Å². The number of anilines is 1. The Bertz CT molecular complexity index is 479. The van der Waals surface area contributed by atoms with Gasteiger partial charge < -0.3 is 9.80 Å². The molecule has 1 aromatic heterocycles. The molecule has 2 fully saturated rings. The van der Waals surface area contributed by atoms with Crippen LogP contribution in [0, 0.1) is 0 Å². The van der Waals surface area contributed by atoms with Gasteiger partial charge in [0.25, 0.3) is 0 Å². The SMILES string of the molecule is CC(C)c1cnc(N2CCN(C)C(C)C2)cc1C1CC1. The van der Waals surface area contributed by atoms with E-state index in [1.165, 1.54) is 24.2 Å². The van der Waals surface area contributed by atoms with E-state index in [0.29, 0.717) is 12.0 Å². The van der Waals surface area contributed by atoms with Gasteiger partial charge in [-0.3, -0.25) is 0 Å². The predicted octanol–water partition coefficient (Wildman–Crippen LogP) is 3.22. The van der Waals surface area contributed by atoms with Gasteiger partial charge in [0, 0.05) is 31.9 Å². The molecule has 1 aromatic rings. The number of piperazine rings is 1. The van der Waals surface area contributed by atoms with Gasteiger partial charge in [0.15, 0.2) is 0 Å². The van der Waals surface area contributed by atoms with Gasteiger partial charge in [0.1, 0.15) is 5.82 Å². The molecule has 1 unspecified atom stereocenters. The minimum atomic E-state index is 0.582. The van der Waals surface area contributed by atoms with Crippen LogP contribution in [-0.4, -0.2) is 42.6 Å². The maximum atomic E-state index is 4.76. The summed E-state index contributed by atoms with van der Waals surface area (Å²) in [6.45, 7) is 10.2. The van der Waals surface area contributed by atoms with Crippen LogP contribution in [0.3, 0.4) is 0 Å². The Morgan fingerprint density at radius 1 is 1.25 bits per heavy atom. The Labute approximate surface area is 123 Å². The van der Waals surface area contributed by atoms with Crippen molar-refractivity contribution in [2.45, 2.75) is 51.5 Å². The van der Waals surface area contributed by atoms with Crippen molar-refractivity contribution in [1.29, 1.82) is 0 Å². The quantitative estimate of drug-likeness (QED) is 0.843. The molecule has 3 nitrogen and oxygen atoms in total. The maximum Gasteiger partial charge on any atom is 0.128 e. The molecule has 0 spiro atoms. The Morgan fingerprint density at radius 3 is 2.60 bits per heavy atom. The van der Waals surface area contributed by atoms with Crippen molar-refractivity contribution in [3.63, 3.8) is 0 Å². The van der Waals surface area contributed by atoms with Crippen LogP contribution in [0.5, 0.6) is 0 Å². The predicted molar refractivity (Wildman–Crippen MR) is 84.6 cm³/mol. The summed E-state index contributed by atoms with van der Waals surface area (Å²) < 4.78 is 0. The summed E-state index contributed by atoms with van der Waals surface area (Å²) in [5, 5.41) is 0. The Kier molecular flexibility index (Phi) is 3.72. The fourth-order valence-corrected chi connectivity index (χ4v) is 3.13. The molecule has 0 aromatic carbocycles. The van der Waals surface area contributed by atoms with Gasteiger partial charge >= 0.3 is 0 Å². The summed E-state index contributed by atoms with van der Waals surface area (Å²) in [7, 11) is 2.22. The number of hydrogen-bond donors (Lipinski definition) is 0. The Morgan fingerprint density at radius 2 is 2.00 bits per heavy atom. The molecular weight excluding hydrogens is 246 g/mol. The Balaban J connectivity index is 1.85. The van der Waals surface area contributed by atoms with E-state index in [2.05, 4.69) is 49.9 Å². The van der Waals surface area contributed by atoms with Crippen molar-refractivity contribution >= 4 is 5.82 Å². The highest BCUT2D eigenvalue weighted by molar-refractivity contribution is 5.47. The minimum Gasteiger partial charge on any atom is -0.354 e. The maximum absolute atomic E-state index is 4.76. The fourth-order valence-electron chi connectivity index (χ4n) is 3.13. The number of rotatable bonds is 3. The first-order chi connectivity index (χ1) is 9.56. The summed E-state index contributed by atoms with van der Waals surface area (Å²) in [6.07, 6.45) is 4.86. The normalized spacial score (nSPS) is 24.4. The molecule has 110 valence electrons. The smallest absolute Gasteiger partial charge is 0.128 e. The van der Waals surface area contributed by atoms with Gasteiger partial charge in [0.2, 0.25) is 0 Å². The molecule has 3 heteroatoms. The molecule has 1 atom stereocenters. The molecule has 0 bridgehead atoms. The molecular formula is C17H27N3. The van der Waals surface area contributed by atoms with E-state index in [-0.39, 0.29) is 0 Å². The van der Waals surface area contributed by atoms with Crippen LogP contribution in [0.4, 0.5) is 5.82 Å². The minimum absolute atomic E-state index is 0.582. The Hall–Kier alpha value is -1.09. The van der Waals surface area contributed by atoms with Crippen LogP contribution in [-0.2, 0) is 0 Å². The molecule has 20 heavy (non-hydrogen) atoms. The third kappa shape index (κ3) is 2.69. The molecule has 1 aliphatic heterocycles. The largest absolute Gasteiger partial charge is 0.354 e. The van der Waals surface area contributed by atoms with Gasteiger partial charge in [-0.2, -0.15) is 0 Å². The first kappa shape index (κ1) is 13.9. The lowest BCUT2D eigenvalue weighted by atomic mass is 9.96. The lowest BCUT2D eigenvalue weighted by Crippen LogP contribution is -2.50. The van der Waals surface area contributed by atoms with E-state index >= 15 is 0 Å². The molecule has 0 amide bonds. The summed E-state index contributed by atoms with van der Waals surface area (Å²) in [5.41, 5.74) is 3.02. The van der Waals surface area contributed by atoms with Crippen LogP contribution in [0.15, 0.2) is 12.3 Å². The zero-order chi connectivity index (χ0) is 14.3. The first-order valence-electron chi connectivity index (χ1n) is 8.01. The second kappa shape index (κ2) is 5.36. The van der Waals surface area contributed by atoms with Gasteiger partial charge in [0.05, 0.1) is 0 Å². The fraction of sp³-hybridized carbons (Fsp3) is 0.706. The highest BCUT2D eigenvalue weighted by atomic mass is 15.3. The number of aromatic nitrogens is 1. The van der Waals surface area contributed by atoms with Crippen molar-refractivity contribution in [3.05, 3.63) is 23.4 Å². The van der Waals surface area contributed by atoms with Crippen molar-refractivity contribution in [1.82, 2.24) is 9.88 Å². The van der Waals surface area contributed by atoms with E-state index in [9.17, 15) is 0 Å². The van der Waals surface area contributed by atoms with Crippen LogP contribution in [0.25, 0.3) is 0 Å². The van der Waals surface area contributed by atoms with Crippen molar-refractivity contribution < 1.29 is 0 Å². The monoisotopic (exact) mass is 273 g/mol. The summed E-state index contributed by atoms with van der Waals surface area (Å²) in [6, 6.07) is 2.99. The second-order valence-electron chi connectivity index (χ2n) is 6.88. The van der Waals surface area contributed by atoms with Gasteiger partial charge in [-0.05, 0) is 55.8 Å². The zero-order valence-electron chi connectivity index (χ0n) is 13.3. The first-order valence-corrected chi connectivity index (χ1v) is 8.01. The van der Waals surface area contributed by atoms with E-state index in [4.69, 9.17) is 4.98 Å². The highest BCUT2D eigenvalue weighted by Crippen LogP contribution is 2.44. The molecule has 1 saturated heterocycles. The lowest BCUT2D eigenvalue weighted by Gasteiger charge is -2.38. The topological polar surface area (TPSA) is 19.4 Å². The van der Waals surface area contributed by atoms with E-state index < -0.39 is 0 Å². The van der Waals surface area contributed by atoms with Crippen LogP contribution < -0.4 is 4.90 Å². The lowest BCUT2D eigenvalue weighted by molar-refractivity contribution is 0.233. The van der Waals surface area contributed by atoms with Gasteiger partial charge in [-0.15, -0.1) is 0 Å². The molecule has 2 aliphatic rings. The summed E-state index contributed by atoms with van der Waals surface area (Å²) >= 11 is 0. The van der Waals surface area contributed by atoms with Crippen molar-refractivity contribution in [2.75, 3.05) is 31.6 Å². The molecule has 3 rings (SSSR count). The van der Waals surface area contributed by atoms with Crippen LogP contribution in [0.1, 0.15) is 56.6 Å². The number of hydrogen-bond acceptors (Lipinski definition) is 3. The van der Waals surface area contributed by atoms with E-state index in [1.54, 1.807) is 5.56 Å². The molecule has 1 aliphatic carbocycles. The van der Waals surface area contributed by atoms with Crippen LogP contribution >= 0.6 is 0 Å². The molecule has 0 N–H and O–H groups in total. The third-order valence-corrected chi connectivity index (χ3v) is 4.88.